The number of nitrogens with one attached hydrogen (secondary N) is 1. The number of aromatic amines is 1. The Morgan fingerprint density at radius 2 is 1.93 bits per heavy atom. The molecule has 0 aliphatic rings. The second-order valence-electron chi connectivity index (χ2n) is 6.19. The van der Waals surface area contributed by atoms with Crippen molar-refractivity contribution < 1.29 is 9.53 Å². The predicted octanol–water partition coefficient (Wildman–Crippen LogP) is 4.17. The fourth-order valence-corrected chi connectivity index (χ4v) is 4.08. The third-order valence-electron chi connectivity index (χ3n) is 4.39. The number of rotatable bonds is 4. The van der Waals surface area contributed by atoms with Crippen LogP contribution in [0.3, 0.4) is 0 Å². The molecule has 0 aliphatic heterocycles. The monoisotopic (exact) mass is 413 g/mol. The highest BCUT2D eigenvalue weighted by Crippen LogP contribution is 2.29. The molecule has 1 unspecified atom stereocenters. The van der Waals surface area contributed by atoms with Gasteiger partial charge in [-0.2, -0.15) is 0 Å². The van der Waals surface area contributed by atoms with Crippen LogP contribution in [0.4, 0.5) is 0 Å². The van der Waals surface area contributed by atoms with Crippen LogP contribution in [0.2, 0.25) is 5.02 Å². The molecular weight excluding hydrogens is 398 g/mol. The molecule has 4 aromatic rings. The highest BCUT2D eigenvalue weighted by Gasteiger charge is 2.22. The largest absolute Gasteiger partial charge is 0.468 e. The van der Waals surface area contributed by atoms with E-state index in [1.807, 2.05) is 24.3 Å². The summed E-state index contributed by atoms with van der Waals surface area (Å²) in [5.74, 6) is -0.388. The van der Waals surface area contributed by atoms with Crippen LogP contribution in [0.25, 0.3) is 27.6 Å². The molecule has 0 fully saturated rings. The van der Waals surface area contributed by atoms with Gasteiger partial charge in [0.2, 0.25) is 0 Å². The first kappa shape index (κ1) is 18.6. The molecule has 28 heavy (non-hydrogen) atoms. The lowest BCUT2D eigenvalue weighted by atomic mass is 10.2. The van der Waals surface area contributed by atoms with Crippen molar-refractivity contribution >= 4 is 51.3 Å². The van der Waals surface area contributed by atoms with Crippen LogP contribution >= 0.6 is 23.4 Å². The number of carbonyl (C=O) groups is 1. The van der Waals surface area contributed by atoms with Crippen molar-refractivity contribution in [3.8, 4) is 5.69 Å². The van der Waals surface area contributed by atoms with Crippen LogP contribution < -0.4 is 5.56 Å². The number of methoxy groups -OCH3 is 1. The third kappa shape index (κ3) is 3.16. The topological polar surface area (TPSA) is 77.0 Å². The van der Waals surface area contributed by atoms with Crippen molar-refractivity contribution in [1.82, 2.24) is 14.5 Å². The van der Waals surface area contributed by atoms with Crippen molar-refractivity contribution in [3.63, 3.8) is 0 Å². The van der Waals surface area contributed by atoms with E-state index in [9.17, 15) is 9.59 Å². The Kier molecular flexibility index (Phi) is 4.87. The van der Waals surface area contributed by atoms with Crippen molar-refractivity contribution in [1.29, 1.82) is 0 Å². The van der Waals surface area contributed by atoms with Gasteiger partial charge in [0, 0.05) is 15.9 Å². The molecular formula is C20H16ClN3O3S. The number of nitrogens with zero attached hydrogens (tertiary/aromatic N) is 2. The molecule has 0 radical (unpaired) electrons. The van der Waals surface area contributed by atoms with Crippen LogP contribution in [0.1, 0.15) is 6.92 Å². The van der Waals surface area contributed by atoms with Gasteiger partial charge in [0.1, 0.15) is 16.3 Å². The maximum atomic E-state index is 13.4. The van der Waals surface area contributed by atoms with E-state index in [4.69, 9.17) is 21.3 Å². The predicted molar refractivity (Wildman–Crippen MR) is 112 cm³/mol. The van der Waals surface area contributed by atoms with Crippen molar-refractivity contribution in [2.24, 2.45) is 0 Å². The molecule has 6 nitrogen and oxygen atoms in total. The van der Waals surface area contributed by atoms with Gasteiger partial charge < -0.3 is 9.72 Å². The van der Waals surface area contributed by atoms with Gasteiger partial charge in [0.25, 0.3) is 5.56 Å². The maximum Gasteiger partial charge on any atom is 0.318 e. The summed E-state index contributed by atoms with van der Waals surface area (Å²) in [4.78, 5) is 33.2. The van der Waals surface area contributed by atoms with Crippen LogP contribution in [0.15, 0.2) is 58.5 Å². The van der Waals surface area contributed by atoms with Gasteiger partial charge in [-0.15, -0.1) is 0 Å². The van der Waals surface area contributed by atoms with E-state index in [-0.39, 0.29) is 11.5 Å². The fourth-order valence-electron chi connectivity index (χ4n) is 3.01. The van der Waals surface area contributed by atoms with Crippen LogP contribution in [-0.2, 0) is 9.53 Å². The fraction of sp³-hybridized carbons (Fsp3) is 0.150. The number of H-pyrrole nitrogens is 1. The second-order valence-corrected chi connectivity index (χ2v) is 7.93. The Labute approximate surface area is 169 Å². The number of thioether (sulfide) groups is 1. The normalized spacial score (nSPS) is 12.4. The third-order valence-corrected chi connectivity index (χ3v) is 5.68. The SMILES string of the molecule is COC(=O)C(C)Sc1nc2c([nH]c3ccccc32)c(=O)n1-c1ccc(Cl)cc1. The lowest BCUT2D eigenvalue weighted by molar-refractivity contribution is -0.139. The summed E-state index contributed by atoms with van der Waals surface area (Å²) in [6.45, 7) is 1.72. The highest BCUT2D eigenvalue weighted by molar-refractivity contribution is 8.00. The molecule has 2 heterocycles. The Morgan fingerprint density at radius 1 is 1.21 bits per heavy atom. The Morgan fingerprint density at radius 3 is 2.64 bits per heavy atom. The van der Waals surface area contributed by atoms with Gasteiger partial charge >= 0.3 is 5.97 Å². The first-order valence-corrected chi connectivity index (χ1v) is 9.79. The quantitative estimate of drug-likeness (QED) is 0.308. The van der Waals surface area contributed by atoms with E-state index in [0.29, 0.717) is 26.9 Å². The molecule has 142 valence electrons. The number of halogens is 1. The number of benzene rings is 2. The lowest BCUT2D eigenvalue weighted by Gasteiger charge is -2.14. The molecule has 0 bridgehead atoms. The van der Waals surface area contributed by atoms with E-state index >= 15 is 0 Å². The zero-order valence-electron chi connectivity index (χ0n) is 15.1. The minimum absolute atomic E-state index is 0.247. The number of aromatic nitrogens is 3. The van der Waals surface area contributed by atoms with E-state index in [0.717, 1.165) is 10.9 Å². The highest BCUT2D eigenvalue weighted by atomic mass is 35.5. The molecule has 2 aromatic carbocycles. The molecule has 0 saturated carbocycles. The molecule has 8 heteroatoms. The number of hydrogen-bond acceptors (Lipinski definition) is 5. The number of ether oxygens (including phenoxy) is 1. The summed E-state index contributed by atoms with van der Waals surface area (Å²) in [6, 6.07) is 14.5. The number of carbonyl (C=O) groups excluding carboxylic acids is 1. The first-order chi connectivity index (χ1) is 13.5. The van der Waals surface area contributed by atoms with Crippen molar-refractivity contribution in [3.05, 3.63) is 63.9 Å². The summed E-state index contributed by atoms with van der Waals surface area (Å²) in [6.07, 6.45) is 0. The van der Waals surface area contributed by atoms with Gasteiger partial charge in [-0.1, -0.05) is 41.6 Å². The van der Waals surface area contributed by atoms with Crippen LogP contribution in [0.5, 0.6) is 0 Å². The van der Waals surface area contributed by atoms with Gasteiger partial charge in [-0.3, -0.25) is 14.2 Å². The minimum atomic E-state index is -0.530. The van der Waals surface area contributed by atoms with Crippen LogP contribution in [-0.4, -0.2) is 32.9 Å². The summed E-state index contributed by atoms with van der Waals surface area (Å²) < 4.78 is 6.30. The van der Waals surface area contributed by atoms with Gasteiger partial charge in [-0.05, 0) is 37.3 Å². The molecule has 4 rings (SSSR count). The van der Waals surface area contributed by atoms with E-state index in [1.165, 1.54) is 23.4 Å². The van der Waals surface area contributed by atoms with E-state index in [1.54, 1.807) is 31.2 Å². The average molecular weight is 414 g/mol. The zero-order chi connectivity index (χ0) is 19.8. The van der Waals surface area contributed by atoms with Gasteiger partial charge in [0.05, 0.1) is 12.8 Å². The van der Waals surface area contributed by atoms with Gasteiger partial charge in [-0.25, -0.2) is 4.98 Å². The molecule has 0 spiro atoms. The number of hydrogen-bond donors (Lipinski definition) is 1. The maximum absolute atomic E-state index is 13.4. The Hall–Kier alpha value is -2.77. The first-order valence-electron chi connectivity index (χ1n) is 8.53. The molecule has 2 aromatic heterocycles. The Bertz CT molecular complexity index is 1250. The van der Waals surface area contributed by atoms with Crippen molar-refractivity contribution in [2.75, 3.05) is 7.11 Å². The van der Waals surface area contributed by atoms with Gasteiger partial charge in [0.15, 0.2) is 5.16 Å². The summed E-state index contributed by atoms with van der Waals surface area (Å²) in [5, 5.41) is 1.29. The molecule has 1 N–H and O–H groups in total. The number of fused-ring (bicyclic) bond motifs is 3. The van der Waals surface area contributed by atoms with Crippen LogP contribution in [0, 0.1) is 0 Å². The molecule has 0 amide bonds. The van der Waals surface area contributed by atoms with E-state index in [2.05, 4.69) is 4.98 Å². The second kappa shape index (κ2) is 7.33. The molecule has 1 atom stereocenters. The average Bonchev–Trinajstić information content (AvgIpc) is 3.08. The lowest BCUT2D eigenvalue weighted by Crippen LogP contribution is -2.24. The van der Waals surface area contributed by atoms with E-state index < -0.39 is 5.25 Å². The summed E-state index contributed by atoms with van der Waals surface area (Å²) in [5.41, 5.74) is 2.18. The standard InChI is InChI=1S/C20H16ClN3O3S/c1-11(19(26)27-2)28-20-23-16-14-5-3-4-6-15(14)22-17(16)18(25)24(20)13-9-7-12(21)8-10-13/h3-11,22H,1-2H3. The van der Waals surface area contributed by atoms with Crippen molar-refractivity contribution in [2.45, 2.75) is 17.3 Å². The zero-order valence-corrected chi connectivity index (χ0v) is 16.7. The number of esters is 1. The molecule has 0 aliphatic carbocycles. The Balaban J connectivity index is 2.01. The number of para-hydroxylation sites is 1. The summed E-state index contributed by atoms with van der Waals surface area (Å²) >= 11 is 7.17. The minimum Gasteiger partial charge on any atom is -0.468 e. The molecule has 0 saturated heterocycles. The summed E-state index contributed by atoms with van der Waals surface area (Å²) in [7, 11) is 1.34. The smallest absolute Gasteiger partial charge is 0.318 e.